The summed E-state index contributed by atoms with van der Waals surface area (Å²) in [5, 5.41) is 2.53. The second-order valence-corrected chi connectivity index (χ2v) is 2.90. The van der Waals surface area contributed by atoms with Crippen molar-refractivity contribution in [1.82, 2.24) is 5.32 Å². The van der Waals surface area contributed by atoms with Crippen LogP contribution in [-0.4, -0.2) is 19.1 Å². The number of rotatable bonds is 4. The number of hydrogen-bond acceptors (Lipinski definition) is 3. The molecule has 82 valence electrons. The maximum absolute atomic E-state index is 13.2. The van der Waals surface area contributed by atoms with Gasteiger partial charge in [-0.2, -0.15) is 0 Å². The van der Waals surface area contributed by atoms with E-state index in [4.69, 9.17) is 10.5 Å². The Morgan fingerprint density at radius 2 is 2.33 bits per heavy atom. The summed E-state index contributed by atoms with van der Waals surface area (Å²) < 4.78 is 18.1. The van der Waals surface area contributed by atoms with Gasteiger partial charge in [-0.05, 0) is 19.1 Å². The van der Waals surface area contributed by atoms with Crippen molar-refractivity contribution in [1.29, 1.82) is 0 Å². The van der Waals surface area contributed by atoms with Crippen LogP contribution >= 0.6 is 0 Å². The van der Waals surface area contributed by atoms with Crippen LogP contribution in [-0.2, 0) is 4.79 Å². The van der Waals surface area contributed by atoms with E-state index in [1.165, 1.54) is 18.2 Å². The van der Waals surface area contributed by atoms with Gasteiger partial charge >= 0.3 is 0 Å². The van der Waals surface area contributed by atoms with Gasteiger partial charge in [0.2, 0.25) is 0 Å². The van der Waals surface area contributed by atoms with Gasteiger partial charge in [-0.3, -0.25) is 4.79 Å². The number of nitrogens with two attached hydrogens (primary N) is 1. The second kappa shape index (κ2) is 5.19. The lowest BCUT2D eigenvalue weighted by Crippen LogP contribution is -2.28. The summed E-state index contributed by atoms with van der Waals surface area (Å²) in [4.78, 5) is 11.0. The van der Waals surface area contributed by atoms with Crippen molar-refractivity contribution < 1.29 is 13.9 Å². The first kappa shape index (κ1) is 11.3. The molecule has 0 saturated heterocycles. The largest absolute Gasteiger partial charge is 0.479 e. The molecule has 15 heavy (non-hydrogen) atoms. The van der Waals surface area contributed by atoms with Crippen molar-refractivity contribution in [3.63, 3.8) is 0 Å². The topological polar surface area (TPSA) is 64.3 Å². The number of nitrogens with one attached hydrogen (secondary N) is 1. The number of hydrogen-bond donors (Lipinski definition) is 2. The molecular formula is C10H13FN2O2. The molecule has 0 aliphatic carbocycles. The summed E-state index contributed by atoms with van der Waals surface area (Å²) >= 11 is 0. The zero-order chi connectivity index (χ0) is 11.3. The van der Waals surface area contributed by atoms with Crippen molar-refractivity contribution in [3.05, 3.63) is 24.0 Å². The summed E-state index contributed by atoms with van der Waals surface area (Å²) in [5.41, 5.74) is 5.66. The predicted molar refractivity (Wildman–Crippen MR) is 55.0 cm³/mol. The molecule has 0 aromatic heterocycles. The monoisotopic (exact) mass is 212 g/mol. The standard InChI is InChI=1S/C10H13FN2O2/c1-2-13-9(14)6-15-10-7(11)4-3-5-8(10)12/h3-5H,2,6,12H2,1H3,(H,13,14). The molecule has 0 heterocycles. The Labute approximate surface area is 87.2 Å². The van der Waals surface area contributed by atoms with Crippen LogP contribution in [0.25, 0.3) is 0 Å². The molecule has 5 heteroatoms. The molecule has 1 aromatic carbocycles. The van der Waals surface area contributed by atoms with Gasteiger partial charge in [-0.15, -0.1) is 0 Å². The number of carbonyl (C=O) groups excluding carboxylic acids is 1. The fraction of sp³-hybridized carbons (Fsp3) is 0.300. The average molecular weight is 212 g/mol. The van der Waals surface area contributed by atoms with Gasteiger partial charge in [0.1, 0.15) is 0 Å². The molecule has 0 radical (unpaired) electrons. The highest BCUT2D eigenvalue weighted by Crippen LogP contribution is 2.24. The maximum atomic E-state index is 13.2. The first-order chi connectivity index (χ1) is 7.15. The third-order valence-electron chi connectivity index (χ3n) is 1.72. The Morgan fingerprint density at radius 3 is 2.93 bits per heavy atom. The molecule has 4 nitrogen and oxygen atoms in total. The van der Waals surface area contributed by atoms with E-state index in [1.807, 2.05) is 0 Å². The van der Waals surface area contributed by atoms with E-state index in [0.29, 0.717) is 6.54 Å². The third-order valence-corrected chi connectivity index (χ3v) is 1.72. The SMILES string of the molecule is CCNC(=O)COc1c(N)cccc1F. The maximum Gasteiger partial charge on any atom is 0.257 e. The van der Waals surface area contributed by atoms with Gasteiger partial charge in [-0.25, -0.2) is 4.39 Å². The number of amides is 1. The first-order valence-electron chi connectivity index (χ1n) is 4.58. The highest BCUT2D eigenvalue weighted by Gasteiger charge is 2.08. The molecule has 0 unspecified atom stereocenters. The van der Waals surface area contributed by atoms with Gasteiger partial charge in [0.05, 0.1) is 5.69 Å². The van der Waals surface area contributed by atoms with E-state index in [2.05, 4.69) is 5.32 Å². The van der Waals surface area contributed by atoms with Gasteiger partial charge in [0.25, 0.3) is 5.91 Å². The van der Waals surface area contributed by atoms with Crippen LogP contribution in [0.5, 0.6) is 5.75 Å². The molecule has 0 fully saturated rings. The van der Waals surface area contributed by atoms with Crippen LogP contribution in [0, 0.1) is 5.82 Å². The number of carbonyl (C=O) groups is 1. The molecule has 0 aliphatic heterocycles. The minimum atomic E-state index is -0.570. The highest BCUT2D eigenvalue weighted by molar-refractivity contribution is 5.77. The van der Waals surface area contributed by atoms with Crippen LogP contribution in [0.2, 0.25) is 0 Å². The van der Waals surface area contributed by atoms with Crippen LogP contribution in [0.4, 0.5) is 10.1 Å². The van der Waals surface area contributed by atoms with Gasteiger partial charge in [0.15, 0.2) is 18.2 Å². The molecule has 3 N–H and O–H groups in total. The molecular weight excluding hydrogens is 199 g/mol. The first-order valence-corrected chi connectivity index (χ1v) is 4.58. The molecule has 1 amide bonds. The van der Waals surface area contributed by atoms with Crippen LogP contribution in [0.3, 0.4) is 0 Å². The number of halogens is 1. The van der Waals surface area contributed by atoms with Crippen molar-refractivity contribution in [2.24, 2.45) is 0 Å². The molecule has 0 atom stereocenters. The molecule has 0 saturated carbocycles. The van der Waals surface area contributed by atoms with Crippen molar-refractivity contribution in [2.75, 3.05) is 18.9 Å². The highest BCUT2D eigenvalue weighted by atomic mass is 19.1. The third kappa shape index (κ3) is 3.12. The van der Waals surface area contributed by atoms with Crippen molar-refractivity contribution >= 4 is 11.6 Å². The fourth-order valence-electron chi connectivity index (χ4n) is 1.06. The van der Waals surface area contributed by atoms with Crippen LogP contribution in [0.1, 0.15) is 6.92 Å². The van der Waals surface area contributed by atoms with Gasteiger partial charge in [0, 0.05) is 6.54 Å². The molecule has 1 rings (SSSR count). The van der Waals surface area contributed by atoms with E-state index in [0.717, 1.165) is 0 Å². The zero-order valence-electron chi connectivity index (χ0n) is 8.42. The quantitative estimate of drug-likeness (QED) is 0.729. The lowest BCUT2D eigenvalue weighted by molar-refractivity contribution is -0.123. The molecule has 1 aromatic rings. The Bertz CT molecular complexity index is 335. The molecule has 0 spiro atoms. The Morgan fingerprint density at radius 1 is 1.60 bits per heavy atom. The van der Waals surface area contributed by atoms with E-state index in [-0.39, 0.29) is 24.0 Å². The smallest absolute Gasteiger partial charge is 0.257 e. The second-order valence-electron chi connectivity index (χ2n) is 2.90. The number of anilines is 1. The van der Waals surface area contributed by atoms with Crippen LogP contribution in [0.15, 0.2) is 18.2 Å². The summed E-state index contributed by atoms with van der Waals surface area (Å²) in [6.45, 7) is 2.06. The minimum absolute atomic E-state index is 0.0799. The van der Waals surface area contributed by atoms with Gasteiger partial charge < -0.3 is 15.8 Å². The number of para-hydroxylation sites is 1. The van der Waals surface area contributed by atoms with Crippen LogP contribution < -0.4 is 15.8 Å². The number of nitrogen functional groups attached to an aromatic ring is 1. The average Bonchev–Trinajstić information content (AvgIpc) is 2.17. The fourth-order valence-corrected chi connectivity index (χ4v) is 1.06. The lowest BCUT2D eigenvalue weighted by atomic mass is 10.3. The van der Waals surface area contributed by atoms with Crippen molar-refractivity contribution in [2.45, 2.75) is 6.92 Å². The molecule has 0 bridgehead atoms. The van der Waals surface area contributed by atoms with E-state index in [1.54, 1.807) is 6.92 Å². The lowest BCUT2D eigenvalue weighted by Gasteiger charge is -2.08. The number of benzene rings is 1. The van der Waals surface area contributed by atoms with E-state index < -0.39 is 5.82 Å². The van der Waals surface area contributed by atoms with E-state index in [9.17, 15) is 9.18 Å². The summed E-state index contributed by atoms with van der Waals surface area (Å²) in [6.07, 6.45) is 0. The normalized spacial score (nSPS) is 9.73. The number of likely N-dealkylation sites (N-methyl/N-ethyl adjacent to an activating group) is 1. The Hall–Kier alpha value is -1.78. The molecule has 0 aliphatic rings. The Balaban J connectivity index is 2.61. The summed E-state index contributed by atoms with van der Waals surface area (Å²) in [6, 6.07) is 4.21. The Kier molecular flexibility index (Phi) is 3.91. The number of ether oxygens (including phenoxy) is 1. The van der Waals surface area contributed by atoms with Gasteiger partial charge in [-0.1, -0.05) is 6.07 Å². The zero-order valence-corrected chi connectivity index (χ0v) is 8.42. The summed E-state index contributed by atoms with van der Waals surface area (Å²) in [5.74, 6) is -0.955. The van der Waals surface area contributed by atoms with Crippen molar-refractivity contribution in [3.8, 4) is 5.75 Å². The minimum Gasteiger partial charge on any atom is -0.479 e. The predicted octanol–water partition coefficient (Wildman–Crippen LogP) is 0.923. The van der Waals surface area contributed by atoms with E-state index >= 15 is 0 Å². The summed E-state index contributed by atoms with van der Waals surface area (Å²) in [7, 11) is 0.